The van der Waals surface area contributed by atoms with Crippen molar-refractivity contribution < 1.29 is 9.57 Å². The van der Waals surface area contributed by atoms with Gasteiger partial charge in [0.1, 0.15) is 6.10 Å². The van der Waals surface area contributed by atoms with Gasteiger partial charge in [0.05, 0.1) is 0 Å². The fraction of sp³-hybridized carbons (Fsp3) is 0.684. The minimum Gasteiger partial charge on any atom is -0.384 e. The number of piperidine rings is 1. The van der Waals surface area contributed by atoms with Gasteiger partial charge in [0.2, 0.25) is 0 Å². The second-order valence-electron chi connectivity index (χ2n) is 7.81. The van der Waals surface area contributed by atoms with Crippen molar-refractivity contribution in [3.63, 3.8) is 0 Å². The highest BCUT2D eigenvalue weighted by atomic mass is 16.7. The molecule has 0 spiro atoms. The molecule has 1 atom stereocenters. The quantitative estimate of drug-likeness (QED) is 0.794. The minimum atomic E-state index is -0.00597. The Morgan fingerprint density at radius 2 is 1.64 bits per heavy atom. The van der Waals surface area contributed by atoms with E-state index in [0.717, 1.165) is 19.4 Å². The smallest absolute Gasteiger partial charge is 0.102 e. The third kappa shape index (κ3) is 3.89. The maximum Gasteiger partial charge on any atom is 0.102 e. The van der Waals surface area contributed by atoms with Crippen molar-refractivity contribution in [1.29, 1.82) is 0 Å². The first-order chi connectivity index (χ1) is 10.3. The lowest BCUT2D eigenvalue weighted by Gasteiger charge is -2.54. The van der Waals surface area contributed by atoms with Crippen LogP contribution in [0.1, 0.15) is 59.1 Å². The molecule has 0 N–H and O–H groups in total. The fourth-order valence-corrected chi connectivity index (χ4v) is 4.05. The van der Waals surface area contributed by atoms with Crippen LogP contribution >= 0.6 is 0 Å². The molecule has 1 unspecified atom stereocenters. The summed E-state index contributed by atoms with van der Waals surface area (Å²) in [6, 6.07) is 10.4. The number of ether oxygens (including phenoxy) is 1. The SMILES string of the molecule is COCC1CC(C)(C)N(OC(C)c2ccccc2)C(C)(C)C1. The molecule has 0 aromatic heterocycles. The van der Waals surface area contributed by atoms with Crippen molar-refractivity contribution in [3.8, 4) is 0 Å². The fourth-order valence-electron chi connectivity index (χ4n) is 4.05. The zero-order chi connectivity index (χ0) is 16.4. The summed E-state index contributed by atoms with van der Waals surface area (Å²) in [4.78, 5) is 6.43. The van der Waals surface area contributed by atoms with Crippen molar-refractivity contribution in [1.82, 2.24) is 5.06 Å². The third-order valence-corrected chi connectivity index (χ3v) is 4.61. The molecule has 1 aliphatic rings. The lowest BCUT2D eigenvalue weighted by Crippen LogP contribution is -2.60. The summed E-state index contributed by atoms with van der Waals surface area (Å²) in [6.07, 6.45) is 2.23. The minimum absolute atomic E-state index is 0.00597. The molecule has 1 heterocycles. The van der Waals surface area contributed by atoms with Crippen LogP contribution in [0.15, 0.2) is 30.3 Å². The molecule has 0 saturated carbocycles. The average Bonchev–Trinajstić information content (AvgIpc) is 2.43. The summed E-state index contributed by atoms with van der Waals surface area (Å²) in [6.45, 7) is 12.0. The summed E-state index contributed by atoms with van der Waals surface area (Å²) in [5.74, 6) is 0.585. The summed E-state index contributed by atoms with van der Waals surface area (Å²) in [5, 5.41) is 2.23. The Morgan fingerprint density at radius 1 is 1.09 bits per heavy atom. The molecule has 1 aromatic carbocycles. The molecular weight excluding hydrogens is 274 g/mol. The van der Waals surface area contributed by atoms with Gasteiger partial charge in [0.25, 0.3) is 0 Å². The van der Waals surface area contributed by atoms with Gasteiger partial charge in [-0.3, -0.25) is 4.84 Å². The van der Waals surface area contributed by atoms with Gasteiger partial charge in [-0.2, -0.15) is 5.06 Å². The van der Waals surface area contributed by atoms with Crippen molar-refractivity contribution in [2.24, 2.45) is 5.92 Å². The molecule has 1 aromatic rings. The molecule has 2 rings (SSSR count). The van der Waals surface area contributed by atoms with Gasteiger partial charge in [0, 0.05) is 24.8 Å². The standard InChI is InChI=1S/C19H31NO2/c1-15(17-10-8-7-9-11-17)22-20-18(2,3)12-16(14-21-6)13-19(20,4)5/h7-11,15-16H,12-14H2,1-6H3. The van der Waals surface area contributed by atoms with Gasteiger partial charge in [-0.05, 0) is 58.9 Å². The van der Waals surface area contributed by atoms with Crippen LogP contribution in [0.4, 0.5) is 0 Å². The average molecular weight is 305 g/mol. The number of rotatable bonds is 5. The summed E-state index contributed by atoms with van der Waals surface area (Å²) < 4.78 is 5.39. The molecule has 1 aliphatic heterocycles. The van der Waals surface area contributed by atoms with Gasteiger partial charge in [-0.25, -0.2) is 0 Å². The number of benzene rings is 1. The van der Waals surface area contributed by atoms with E-state index in [-0.39, 0.29) is 17.2 Å². The Morgan fingerprint density at radius 3 is 2.14 bits per heavy atom. The van der Waals surface area contributed by atoms with E-state index >= 15 is 0 Å². The molecular formula is C19H31NO2. The van der Waals surface area contributed by atoms with Crippen LogP contribution in [0.5, 0.6) is 0 Å². The number of hydrogen-bond acceptors (Lipinski definition) is 3. The molecule has 0 aliphatic carbocycles. The lowest BCUT2D eigenvalue weighted by molar-refractivity contribution is -0.311. The number of hydrogen-bond donors (Lipinski definition) is 0. The molecule has 1 saturated heterocycles. The summed E-state index contributed by atoms with van der Waals surface area (Å²) in [5.41, 5.74) is 1.20. The number of nitrogens with zero attached hydrogens (tertiary/aromatic N) is 1. The third-order valence-electron chi connectivity index (χ3n) is 4.61. The second-order valence-corrected chi connectivity index (χ2v) is 7.81. The van der Waals surface area contributed by atoms with E-state index < -0.39 is 0 Å². The van der Waals surface area contributed by atoms with Crippen LogP contribution in [0, 0.1) is 5.92 Å². The Bertz CT molecular complexity index is 452. The number of methoxy groups -OCH3 is 1. The first-order valence-corrected chi connectivity index (χ1v) is 8.27. The Labute approximate surface area is 135 Å². The zero-order valence-corrected chi connectivity index (χ0v) is 14.9. The summed E-state index contributed by atoms with van der Waals surface area (Å²) in [7, 11) is 1.79. The first-order valence-electron chi connectivity index (χ1n) is 8.27. The van der Waals surface area contributed by atoms with Gasteiger partial charge in [0.15, 0.2) is 0 Å². The monoisotopic (exact) mass is 305 g/mol. The van der Waals surface area contributed by atoms with E-state index in [1.54, 1.807) is 7.11 Å². The molecule has 3 nitrogen and oxygen atoms in total. The number of hydroxylamine groups is 2. The van der Waals surface area contributed by atoms with Crippen LogP contribution in [-0.2, 0) is 9.57 Å². The lowest BCUT2D eigenvalue weighted by atomic mass is 9.75. The van der Waals surface area contributed by atoms with Crippen molar-refractivity contribution in [3.05, 3.63) is 35.9 Å². The maximum atomic E-state index is 6.43. The molecule has 124 valence electrons. The van der Waals surface area contributed by atoms with E-state index in [4.69, 9.17) is 9.57 Å². The van der Waals surface area contributed by atoms with E-state index in [1.165, 1.54) is 5.56 Å². The molecule has 0 amide bonds. The van der Waals surface area contributed by atoms with Crippen LogP contribution < -0.4 is 0 Å². The molecule has 0 bridgehead atoms. The largest absolute Gasteiger partial charge is 0.384 e. The van der Waals surface area contributed by atoms with E-state index in [2.05, 4.69) is 63.9 Å². The van der Waals surface area contributed by atoms with Gasteiger partial charge >= 0.3 is 0 Å². The highest BCUT2D eigenvalue weighted by Gasteiger charge is 2.47. The van der Waals surface area contributed by atoms with Crippen molar-refractivity contribution >= 4 is 0 Å². The Hall–Kier alpha value is -0.900. The van der Waals surface area contributed by atoms with Crippen LogP contribution in [-0.4, -0.2) is 29.9 Å². The highest BCUT2D eigenvalue weighted by molar-refractivity contribution is 5.16. The van der Waals surface area contributed by atoms with Crippen LogP contribution in [0.25, 0.3) is 0 Å². The predicted molar refractivity (Wildman–Crippen MR) is 90.5 cm³/mol. The molecule has 3 heteroatoms. The Kier molecular flexibility index (Phi) is 5.31. The predicted octanol–water partition coefficient (Wildman–Crippen LogP) is 4.59. The molecule has 22 heavy (non-hydrogen) atoms. The summed E-state index contributed by atoms with van der Waals surface area (Å²) >= 11 is 0. The van der Waals surface area contributed by atoms with Gasteiger partial charge in [-0.1, -0.05) is 30.3 Å². The van der Waals surface area contributed by atoms with Gasteiger partial charge < -0.3 is 4.74 Å². The first kappa shape index (κ1) is 17.5. The van der Waals surface area contributed by atoms with E-state index in [1.807, 2.05) is 6.07 Å². The molecule has 1 fully saturated rings. The van der Waals surface area contributed by atoms with Crippen LogP contribution in [0.3, 0.4) is 0 Å². The van der Waals surface area contributed by atoms with E-state index in [9.17, 15) is 0 Å². The maximum absolute atomic E-state index is 6.43. The van der Waals surface area contributed by atoms with E-state index in [0.29, 0.717) is 5.92 Å². The van der Waals surface area contributed by atoms with Crippen LogP contribution in [0.2, 0.25) is 0 Å². The highest BCUT2D eigenvalue weighted by Crippen LogP contribution is 2.43. The van der Waals surface area contributed by atoms with Crippen molar-refractivity contribution in [2.75, 3.05) is 13.7 Å². The topological polar surface area (TPSA) is 21.7 Å². The Balaban J connectivity index is 2.15. The van der Waals surface area contributed by atoms with Gasteiger partial charge in [-0.15, -0.1) is 0 Å². The molecule has 0 radical (unpaired) electrons. The normalized spacial score (nSPS) is 23.4. The van der Waals surface area contributed by atoms with Crippen molar-refractivity contribution in [2.45, 2.75) is 64.6 Å². The second kappa shape index (κ2) is 6.69. The zero-order valence-electron chi connectivity index (χ0n) is 14.9.